The summed E-state index contributed by atoms with van der Waals surface area (Å²) < 4.78 is 25.4. The summed E-state index contributed by atoms with van der Waals surface area (Å²) in [6, 6.07) is 17.6. The third kappa shape index (κ3) is 4.91. The van der Waals surface area contributed by atoms with Crippen molar-refractivity contribution >= 4 is 29.3 Å². The molecular weight excluding hydrogens is 517 g/mol. The van der Waals surface area contributed by atoms with E-state index in [1.165, 1.54) is 13.2 Å². The molecule has 0 spiro atoms. The highest BCUT2D eigenvalue weighted by Gasteiger charge is 2.45. The van der Waals surface area contributed by atoms with E-state index in [0.29, 0.717) is 54.5 Å². The SMILES string of the molecule is COc1cc2c(cc1OC)C(C(=O)N1CCN(c3ccccc3F)CC1)C(c1ccc(SC)cc1)N(C)C2=O. The van der Waals surface area contributed by atoms with Crippen LogP contribution in [0.4, 0.5) is 10.1 Å². The van der Waals surface area contributed by atoms with Gasteiger partial charge >= 0.3 is 0 Å². The zero-order valence-corrected chi connectivity index (χ0v) is 23.3. The Morgan fingerprint density at radius 2 is 1.59 bits per heavy atom. The maximum absolute atomic E-state index is 14.4. The zero-order chi connectivity index (χ0) is 27.7. The second kappa shape index (κ2) is 11.2. The van der Waals surface area contributed by atoms with E-state index in [1.54, 1.807) is 55.1 Å². The molecule has 3 aromatic carbocycles. The molecule has 0 aromatic heterocycles. The van der Waals surface area contributed by atoms with Crippen LogP contribution in [0.25, 0.3) is 0 Å². The molecule has 2 amide bonds. The molecule has 1 fully saturated rings. The highest BCUT2D eigenvalue weighted by Crippen LogP contribution is 2.46. The van der Waals surface area contributed by atoms with Crippen molar-refractivity contribution in [3.8, 4) is 11.5 Å². The average Bonchev–Trinajstić information content (AvgIpc) is 2.98. The smallest absolute Gasteiger partial charge is 0.254 e. The van der Waals surface area contributed by atoms with E-state index in [1.807, 2.05) is 46.4 Å². The van der Waals surface area contributed by atoms with Gasteiger partial charge in [0.15, 0.2) is 11.5 Å². The Hall–Kier alpha value is -3.72. The normalized spacial score (nSPS) is 19.1. The number of methoxy groups -OCH3 is 2. The van der Waals surface area contributed by atoms with E-state index >= 15 is 0 Å². The minimum absolute atomic E-state index is 0.0741. The molecule has 0 bridgehead atoms. The number of piperazine rings is 1. The van der Waals surface area contributed by atoms with Crippen LogP contribution in [0.15, 0.2) is 65.6 Å². The first-order valence-corrected chi connectivity index (χ1v) is 14.1. The number of carbonyl (C=O) groups is 2. The lowest BCUT2D eigenvalue weighted by molar-refractivity contribution is -0.134. The third-order valence-electron chi connectivity index (χ3n) is 7.68. The largest absolute Gasteiger partial charge is 0.493 e. The van der Waals surface area contributed by atoms with Crippen LogP contribution in [0.1, 0.15) is 33.4 Å². The van der Waals surface area contributed by atoms with Gasteiger partial charge in [-0.15, -0.1) is 11.8 Å². The number of benzene rings is 3. The van der Waals surface area contributed by atoms with Gasteiger partial charge in [-0.1, -0.05) is 24.3 Å². The van der Waals surface area contributed by atoms with Gasteiger partial charge in [0.25, 0.3) is 5.91 Å². The number of rotatable bonds is 6. The molecule has 2 unspecified atom stereocenters. The number of carbonyl (C=O) groups excluding carboxylic acids is 2. The summed E-state index contributed by atoms with van der Waals surface area (Å²) >= 11 is 1.63. The highest BCUT2D eigenvalue weighted by molar-refractivity contribution is 7.98. The minimum Gasteiger partial charge on any atom is -0.493 e. The number of hydrogen-bond donors (Lipinski definition) is 0. The lowest BCUT2D eigenvalue weighted by Crippen LogP contribution is -2.53. The molecule has 39 heavy (non-hydrogen) atoms. The Morgan fingerprint density at radius 1 is 0.949 bits per heavy atom. The van der Waals surface area contributed by atoms with Gasteiger partial charge in [0.2, 0.25) is 5.91 Å². The van der Waals surface area contributed by atoms with Gasteiger partial charge in [-0.05, 0) is 53.8 Å². The van der Waals surface area contributed by atoms with E-state index in [9.17, 15) is 14.0 Å². The van der Waals surface area contributed by atoms with Crippen LogP contribution >= 0.6 is 11.8 Å². The third-order valence-corrected chi connectivity index (χ3v) is 8.43. The summed E-state index contributed by atoms with van der Waals surface area (Å²) in [5, 5.41) is 0. The van der Waals surface area contributed by atoms with Crippen LogP contribution in [-0.2, 0) is 4.79 Å². The number of anilines is 1. The van der Waals surface area contributed by atoms with E-state index in [-0.39, 0.29) is 17.6 Å². The highest BCUT2D eigenvalue weighted by atomic mass is 32.2. The number of likely N-dealkylation sites (N-methyl/N-ethyl adjacent to an activating group) is 1. The second-order valence-corrected chi connectivity index (χ2v) is 10.5. The van der Waals surface area contributed by atoms with Crippen molar-refractivity contribution in [2.75, 3.05) is 58.6 Å². The molecule has 5 rings (SSSR count). The molecule has 204 valence electrons. The Kier molecular flexibility index (Phi) is 7.70. The molecular formula is C30H32FN3O4S. The first-order chi connectivity index (χ1) is 18.9. The molecule has 0 N–H and O–H groups in total. The molecule has 0 radical (unpaired) electrons. The van der Waals surface area contributed by atoms with Crippen molar-refractivity contribution in [2.45, 2.75) is 16.9 Å². The molecule has 2 aliphatic rings. The van der Waals surface area contributed by atoms with Crippen molar-refractivity contribution in [2.24, 2.45) is 0 Å². The fourth-order valence-electron chi connectivity index (χ4n) is 5.61. The summed E-state index contributed by atoms with van der Waals surface area (Å²) in [6.45, 7) is 1.92. The lowest BCUT2D eigenvalue weighted by Gasteiger charge is -2.43. The standard InChI is InChI=1S/C30H32FN3O4S/c1-32-28(19-9-11-20(39-4)12-10-19)27(21-17-25(37-2)26(38-3)18-22(21)29(32)35)30(36)34-15-13-33(14-16-34)24-8-6-5-7-23(24)31/h5-12,17-18,27-28H,13-16H2,1-4H3. The number of amides is 2. The van der Waals surface area contributed by atoms with E-state index in [0.717, 1.165) is 10.5 Å². The van der Waals surface area contributed by atoms with Crippen molar-refractivity contribution in [3.63, 3.8) is 0 Å². The summed E-state index contributed by atoms with van der Waals surface area (Å²) in [5.41, 5.74) is 2.47. The number of ether oxygens (including phenoxy) is 2. The summed E-state index contributed by atoms with van der Waals surface area (Å²) in [7, 11) is 4.80. The lowest BCUT2D eigenvalue weighted by atomic mass is 9.78. The average molecular weight is 550 g/mol. The van der Waals surface area contributed by atoms with Crippen molar-refractivity contribution in [1.82, 2.24) is 9.80 Å². The Labute approximate surface area is 232 Å². The van der Waals surface area contributed by atoms with Crippen LogP contribution in [0.5, 0.6) is 11.5 Å². The summed E-state index contributed by atoms with van der Waals surface area (Å²) in [5.74, 6) is -0.276. The number of para-hydroxylation sites is 1. The number of thioether (sulfide) groups is 1. The molecule has 1 saturated heterocycles. The first-order valence-electron chi connectivity index (χ1n) is 12.8. The van der Waals surface area contributed by atoms with Crippen molar-refractivity contribution in [1.29, 1.82) is 0 Å². The van der Waals surface area contributed by atoms with E-state index in [4.69, 9.17) is 9.47 Å². The minimum atomic E-state index is -0.650. The van der Waals surface area contributed by atoms with Crippen LogP contribution in [-0.4, -0.2) is 75.3 Å². The summed E-state index contributed by atoms with van der Waals surface area (Å²) in [4.78, 5) is 34.5. The Balaban J connectivity index is 1.53. The number of fused-ring (bicyclic) bond motifs is 1. The number of halogens is 1. The van der Waals surface area contributed by atoms with Crippen LogP contribution in [0.2, 0.25) is 0 Å². The molecule has 9 heteroatoms. The monoisotopic (exact) mass is 549 g/mol. The Morgan fingerprint density at radius 3 is 2.21 bits per heavy atom. The molecule has 0 aliphatic carbocycles. The van der Waals surface area contributed by atoms with Crippen molar-refractivity contribution < 1.29 is 23.5 Å². The molecule has 2 aliphatic heterocycles. The van der Waals surface area contributed by atoms with Gasteiger partial charge in [-0.25, -0.2) is 4.39 Å². The predicted molar refractivity (Wildman–Crippen MR) is 151 cm³/mol. The molecule has 7 nitrogen and oxygen atoms in total. The zero-order valence-electron chi connectivity index (χ0n) is 22.5. The maximum Gasteiger partial charge on any atom is 0.254 e. The second-order valence-electron chi connectivity index (χ2n) is 9.67. The van der Waals surface area contributed by atoms with E-state index < -0.39 is 12.0 Å². The number of nitrogens with zero attached hydrogens (tertiary/aromatic N) is 3. The van der Waals surface area contributed by atoms with Crippen LogP contribution < -0.4 is 14.4 Å². The quantitative estimate of drug-likeness (QED) is 0.411. The van der Waals surface area contributed by atoms with Gasteiger partial charge < -0.3 is 24.2 Å². The molecule has 2 atom stereocenters. The van der Waals surface area contributed by atoms with Gasteiger partial charge in [0.05, 0.1) is 31.9 Å². The summed E-state index contributed by atoms with van der Waals surface area (Å²) in [6.07, 6.45) is 2.01. The van der Waals surface area contributed by atoms with Crippen LogP contribution in [0.3, 0.4) is 0 Å². The van der Waals surface area contributed by atoms with E-state index in [2.05, 4.69) is 0 Å². The first kappa shape index (κ1) is 26.9. The molecule has 2 heterocycles. The predicted octanol–water partition coefficient (Wildman–Crippen LogP) is 4.82. The van der Waals surface area contributed by atoms with Gasteiger partial charge in [0, 0.05) is 43.7 Å². The van der Waals surface area contributed by atoms with Crippen LogP contribution in [0, 0.1) is 5.82 Å². The number of hydrogen-bond acceptors (Lipinski definition) is 6. The van der Waals surface area contributed by atoms with Gasteiger partial charge in [-0.2, -0.15) is 0 Å². The Bertz CT molecular complexity index is 1380. The van der Waals surface area contributed by atoms with Gasteiger partial charge in [0.1, 0.15) is 5.82 Å². The molecule has 0 saturated carbocycles. The maximum atomic E-state index is 14.4. The fraction of sp³-hybridized carbons (Fsp3) is 0.333. The van der Waals surface area contributed by atoms with Gasteiger partial charge in [-0.3, -0.25) is 9.59 Å². The topological polar surface area (TPSA) is 62.3 Å². The van der Waals surface area contributed by atoms with Crippen molar-refractivity contribution in [3.05, 3.63) is 83.2 Å². The molecule has 3 aromatic rings. The fourth-order valence-corrected chi connectivity index (χ4v) is 6.01.